The van der Waals surface area contributed by atoms with Crippen LogP contribution in [-0.4, -0.2) is 53.9 Å². The molecule has 0 radical (unpaired) electrons. The van der Waals surface area contributed by atoms with Gasteiger partial charge < -0.3 is 15.5 Å². The van der Waals surface area contributed by atoms with Gasteiger partial charge in [0.05, 0.1) is 17.7 Å². The van der Waals surface area contributed by atoms with Crippen LogP contribution in [0.25, 0.3) is 0 Å². The molecule has 0 aliphatic carbocycles. The third-order valence-corrected chi connectivity index (χ3v) is 6.75. The molecule has 6 nitrogen and oxygen atoms in total. The fraction of sp³-hybridized carbons (Fsp3) is 0.423. The second-order valence-corrected chi connectivity index (χ2v) is 9.16. The number of halogens is 3. The summed E-state index contributed by atoms with van der Waals surface area (Å²) in [5.74, 6) is 0.151. The Hall–Kier alpha value is -3.54. The SMILES string of the molecule is N#CC1CCN(C(=O)N2CC(N=C(N)c3ccccc3)CC(c3ccc(C(F)(F)F)cc3)C2)CC1. The highest BCUT2D eigenvalue weighted by molar-refractivity contribution is 5.97. The molecule has 2 fully saturated rings. The highest BCUT2D eigenvalue weighted by Crippen LogP contribution is 2.33. The number of carbonyl (C=O) groups is 1. The van der Waals surface area contributed by atoms with Gasteiger partial charge in [0.2, 0.25) is 0 Å². The van der Waals surface area contributed by atoms with Crippen LogP contribution in [0.2, 0.25) is 0 Å². The summed E-state index contributed by atoms with van der Waals surface area (Å²) in [6.07, 6.45) is -2.55. The van der Waals surface area contributed by atoms with E-state index in [0.29, 0.717) is 51.3 Å². The zero-order valence-corrected chi connectivity index (χ0v) is 19.3. The second-order valence-electron chi connectivity index (χ2n) is 9.16. The average molecular weight is 484 g/mol. The lowest BCUT2D eigenvalue weighted by atomic mass is 9.87. The van der Waals surface area contributed by atoms with E-state index in [9.17, 15) is 18.0 Å². The van der Waals surface area contributed by atoms with Gasteiger partial charge in [0, 0.05) is 43.6 Å². The average Bonchev–Trinajstić information content (AvgIpc) is 2.88. The molecule has 0 spiro atoms. The molecular weight excluding hydrogens is 455 g/mol. The summed E-state index contributed by atoms with van der Waals surface area (Å²) >= 11 is 0. The number of nitriles is 1. The topological polar surface area (TPSA) is 85.7 Å². The van der Waals surface area contributed by atoms with Crippen LogP contribution >= 0.6 is 0 Å². The first-order chi connectivity index (χ1) is 16.7. The van der Waals surface area contributed by atoms with Crippen LogP contribution in [0, 0.1) is 17.2 Å². The van der Waals surface area contributed by atoms with E-state index < -0.39 is 11.7 Å². The summed E-state index contributed by atoms with van der Waals surface area (Å²) in [7, 11) is 0. The minimum Gasteiger partial charge on any atom is -0.383 e. The Kier molecular flexibility index (Phi) is 7.29. The van der Waals surface area contributed by atoms with Gasteiger partial charge >= 0.3 is 12.2 Å². The molecule has 2 aromatic carbocycles. The van der Waals surface area contributed by atoms with Crippen molar-refractivity contribution in [1.82, 2.24) is 9.80 Å². The lowest BCUT2D eigenvalue weighted by Crippen LogP contribution is -2.52. The number of piperidine rings is 2. The predicted octanol–water partition coefficient (Wildman–Crippen LogP) is 4.62. The molecule has 2 aromatic rings. The third kappa shape index (κ3) is 5.94. The summed E-state index contributed by atoms with van der Waals surface area (Å²) in [5, 5.41) is 9.15. The van der Waals surface area contributed by atoms with Gasteiger partial charge in [-0.1, -0.05) is 42.5 Å². The second kappa shape index (κ2) is 10.4. The van der Waals surface area contributed by atoms with E-state index >= 15 is 0 Å². The van der Waals surface area contributed by atoms with Crippen LogP contribution in [0.1, 0.15) is 41.9 Å². The molecule has 2 saturated heterocycles. The van der Waals surface area contributed by atoms with Gasteiger partial charge in [-0.3, -0.25) is 4.99 Å². The fourth-order valence-electron chi connectivity index (χ4n) is 4.79. The number of amides is 2. The number of rotatable bonds is 3. The first-order valence-corrected chi connectivity index (χ1v) is 11.7. The van der Waals surface area contributed by atoms with Crippen LogP contribution in [0.4, 0.5) is 18.0 Å². The van der Waals surface area contributed by atoms with E-state index in [1.165, 1.54) is 12.1 Å². The van der Waals surface area contributed by atoms with Crippen molar-refractivity contribution in [1.29, 1.82) is 5.26 Å². The Morgan fingerprint density at radius 2 is 1.66 bits per heavy atom. The maximum absolute atomic E-state index is 13.4. The van der Waals surface area contributed by atoms with Crippen molar-refractivity contribution in [3.63, 3.8) is 0 Å². The Morgan fingerprint density at radius 1 is 1.00 bits per heavy atom. The lowest BCUT2D eigenvalue weighted by molar-refractivity contribution is -0.137. The Balaban J connectivity index is 1.56. The highest BCUT2D eigenvalue weighted by atomic mass is 19.4. The molecule has 2 unspecified atom stereocenters. The molecule has 9 heteroatoms. The van der Waals surface area contributed by atoms with Crippen LogP contribution < -0.4 is 5.73 Å². The number of amidine groups is 1. The number of urea groups is 1. The van der Waals surface area contributed by atoms with E-state index in [-0.39, 0.29) is 23.9 Å². The standard InChI is InChI=1S/C26H28F3N5O/c27-26(28,29)22-8-6-19(7-9-22)21-14-23(32-24(31)20-4-2-1-3-5-20)17-34(16-21)25(35)33-12-10-18(15-30)11-13-33/h1-9,18,21,23H,10-14,16-17H2,(H2,31,32). The normalized spacial score (nSPS) is 22.1. The number of alkyl halides is 3. The number of aliphatic imine (C=N–C) groups is 1. The maximum Gasteiger partial charge on any atom is 0.416 e. The van der Waals surface area contributed by atoms with Crippen LogP contribution in [-0.2, 0) is 6.18 Å². The van der Waals surface area contributed by atoms with Crippen LogP contribution in [0.3, 0.4) is 0 Å². The number of nitrogens with zero attached hydrogens (tertiary/aromatic N) is 4. The van der Waals surface area contributed by atoms with Crippen molar-refractivity contribution in [2.45, 2.75) is 37.4 Å². The maximum atomic E-state index is 13.4. The largest absolute Gasteiger partial charge is 0.416 e. The number of nitrogens with two attached hydrogens (primary N) is 1. The van der Waals surface area contributed by atoms with E-state index in [1.807, 2.05) is 30.3 Å². The van der Waals surface area contributed by atoms with Gasteiger partial charge in [0.25, 0.3) is 0 Å². The van der Waals surface area contributed by atoms with E-state index in [2.05, 4.69) is 6.07 Å². The van der Waals surface area contributed by atoms with Gasteiger partial charge in [-0.15, -0.1) is 0 Å². The van der Waals surface area contributed by atoms with Crippen LogP contribution in [0.5, 0.6) is 0 Å². The molecule has 4 rings (SSSR count). The number of carbonyl (C=O) groups excluding carboxylic acids is 1. The van der Waals surface area contributed by atoms with Gasteiger partial charge in [0.15, 0.2) is 0 Å². The molecule has 184 valence electrons. The van der Waals surface area contributed by atoms with Crippen LogP contribution in [0.15, 0.2) is 59.6 Å². The smallest absolute Gasteiger partial charge is 0.383 e. The van der Waals surface area contributed by atoms with Crippen molar-refractivity contribution in [2.75, 3.05) is 26.2 Å². The Bertz CT molecular complexity index is 1090. The Labute approximate surface area is 202 Å². The quantitative estimate of drug-likeness (QED) is 0.511. The summed E-state index contributed by atoms with van der Waals surface area (Å²) in [6, 6.07) is 16.3. The molecule has 35 heavy (non-hydrogen) atoms. The molecule has 2 amide bonds. The van der Waals surface area contributed by atoms with Crippen molar-refractivity contribution >= 4 is 11.9 Å². The molecular formula is C26H28F3N5O. The molecule has 2 N–H and O–H groups in total. The van der Waals surface area contributed by atoms with E-state index in [1.54, 1.807) is 9.80 Å². The number of likely N-dealkylation sites (tertiary alicyclic amines) is 2. The number of hydrogen-bond acceptors (Lipinski definition) is 3. The number of hydrogen-bond donors (Lipinski definition) is 1. The highest BCUT2D eigenvalue weighted by Gasteiger charge is 2.35. The van der Waals surface area contributed by atoms with Gasteiger partial charge in [-0.2, -0.15) is 18.4 Å². The zero-order valence-electron chi connectivity index (χ0n) is 19.3. The van der Waals surface area contributed by atoms with Crippen molar-refractivity contribution < 1.29 is 18.0 Å². The van der Waals surface area contributed by atoms with Crippen molar-refractivity contribution in [3.05, 3.63) is 71.3 Å². The lowest BCUT2D eigenvalue weighted by Gasteiger charge is -2.40. The summed E-state index contributed by atoms with van der Waals surface area (Å²) in [6.45, 7) is 1.79. The zero-order chi connectivity index (χ0) is 25.0. The molecule has 0 bridgehead atoms. The molecule has 0 aromatic heterocycles. The third-order valence-electron chi connectivity index (χ3n) is 6.75. The molecule has 2 aliphatic rings. The molecule has 2 aliphatic heterocycles. The Morgan fingerprint density at radius 3 is 2.26 bits per heavy atom. The van der Waals surface area contributed by atoms with E-state index in [0.717, 1.165) is 23.3 Å². The molecule has 2 atom stereocenters. The predicted molar refractivity (Wildman–Crippen MR) is 127 cm³/mol. The van der Waals surface area contributed by atoms with Gasteiger partial charge in [-0.05, 0) is 37.0 Å². The molecule has 0 saturated carbocycles. The number of benzene rings is 2. The van der Waals surface area contributed by atoms with Crippen molar-refractivity contribution in [2.24, 2.45) is 16.6 Å². The summed E-state index contributed by atoms with van der Waals surface area (Å²) in [5.41, 5.74) is 7.06. The first-order valence-electron chi connectivity index (χ1n) is 11.7. The van der Waals surface area contributed by atoms with Gasteiger partial charge in [0.1, 0.15) is 5.84 Å². The fourth-order valence-corrected chi connectivity index (χ4v) is 4.79. The first kappa shape index (κ1) is 24.6. The van der Waals surface area contributed by atoms with Crippen molar-refractivity contribution in [3.8, 4) is 6.07 Å². The monoisotopic (exact) mass is 483 g/mol. The minimum absolute atomic E-state index is 0.0386. The van der Waals surface area contributed by atoms with E-state index in [4.69, 9.17) is 16.0 Å². The minimum atomic E-state index is -4.40. The summed E-state index contributed by atoms with van der Waals surface area (Å²) in [4.78, 5) is 21.5. The summed E-state index contributed by atoms with van der Waals surface area (Å²) < 4.78 is 39.1. The van der Waals surface area contributed by atoms with Gasteiger partial charge in [-0.25, -0.2) is 4.79 Å². The molecule has 2 heterocycles.